The van der Waals surface area contributed by atoms with Gasteiger partial charge in [0.1, 0.15) is 18.2 Å². The van der Waals surface area contributed by atoms with Crippen LogP contribution in [0.15, 0.2) is 59.8 Å². The van der Waals surface area contributed by atoms with Gasteiger partial charge in [0.2, 0.25) is 0 Å². The molecule has 0 bridgehead atoms. The highest BCUT2D eigenvalue weighted by Crippen LogP contribution is 2.31. The van der Waals surface area contributed by atoms with Gasteiger partial charge in [0.25, 0.3) is 0 Å². The molecule has 0 fully saturated rings. The van der Waals surface area contributed by atoms with Crippen LogP contribution in [-0.2, 0) is 23.8 Å². The zero-order valence-corrected chi connectivity index (χ0v) is 15.9. The van der Waals surface area contributed by atoms with Gasteiger partial charge in [-0.15, -0.1) is 0 Å². The van der Waals surface area contributed by atoms with Crippen LogP contribution >= 0.6 is 0 Å². The van der Waals surface area contributed by atoms with Crippen molar-refractivity contribution in [2.75, 3.05) is 39.6 Å². The van der Waals surface area contributed by atoms with Crippen molar-refractivity contribution in [1.29, 1.82) is 0 Å². The minimum atomic E-state index is -0.631. The standard InChI is InChI=1S/C21H21NO6/c1-25-17-9-5-7-15(11-17)14-6-4-8-16(10-14)22-13-28-12-18(20(23)26-2)19(22)21(24)27-3/h4-11H,12-13H2,1-3H3. The molecule has 0 spiro atoms. The van der Waals surface area contributed by atoms with Gasteiger partial charge >= 0.3 is 11.9 Å². The highest BCUT2D eigenvalue weighted by atomic mass is 16.5. The first-order chi connectivity index (χ1) is 13.6. The van der Waals surface area contributed by atoms with Gasteiger partial charge in [-0.25, -0.2) is 9.59 Å². The molecule has 3 rings (SSSR count). The van der Waals surface area contributed by atoms with Crippen molar-refractivity contribution in [1.82, 2.24) is 0 Å². The molecule has 28 heavy (non-hydrogen) atoms. The highest BCUT2D eigenvalue weighted by Gasteiger charge is 2.32. The van der Waals surface area contributed by atoms with Crippen LogP contribution in [0.2, 0.25) is 0 Å². The van der Waals surface area contributed by atoms with Gasteiger partial charge in [0.15, 0.2) is 0 Å². The van der Waals surface area contributed by atoms with E-state index < -0.39 is 11.9 Å². The predicted molar refractivity (Wildman–Crippen MR) is 103 cm³/mol. The molecule has 1 aliphatic heterocycles. The van der Waals surface area contributed by atoms with Crippen molar-refractivity contribution < 1.29 is 28.5 Å². The zero-order chi connectivity index (χ0) is 20.1. The number of carbonyl (C=O) groups is 2. The lowest BCUT2D eigenvalue weighted by Gasteiger charge is -2.31. The summed E-state index contributed by atoms with van der Waals surface area (Å²) in [7, 11) is 4.14. The summed E-state index contributed by atoms with van der Waals surface area (Å²) in [6.07, 6.45) is 0. The Morgan fingerprint density at radius 1 is 0.929 bits per heavy atom. The fourth-order valence-electron chi connectivity index (χ4n) is 3.00. The molecule has 0 N–H and O–H groups in total. The van der Waals surface area contributed by atoms with Crippen LogP contribution in [-0.4, -0.2) is 46.6 Å². The number of ether oxygens (including phenoxy) is 4. The van der Waals surface area contributed by atoms with Crippen molar-refractivity contribution in [2.45, 2.75) is 0 Å². The third-order valence-electron chi connectivity index (χ3n) is 4.39. The van der Waals surface area contributed by atoms with Crippen LogP contribution in [0.3, 0.4) is 0 Å². The molecule has 7 heteroatoms. The average Bonchev–Trinajstić information content (AvgIpc) is 2.77. The minimum absolute atomic E-state index is 0.0246. The second-order valence-corrected chi connectivity index (χ2v) is 6.00. The number of anilines is 1. The Labute approximate surface area is 163 Å². The first-order valence-electron chi connectivity index (χ1n) is 8.58. The average molecular weight is 383 g/mol. The third kappa shape index (κ3) is 3.84. The Balaban J connectivity index is 2.06. The number of nitrogens with zero attached hydrogens (tertiary/aromatic N) is 1. The van der Waals surface area contributed by atoms with E-state index >= 15 is 0 Å². The van der Waals surface area contributed by atoms with Crippen LogP contribution in [0.25, 0.3) is 11.1 Å². The maximum absolute atomic E-state index is 12.4. The van der Waals surface area contributed by atoms with E-state index in [0.29, 0.717) is 5.69 Å². The van der Waals surface area contributed by atoms with Gasteiger partial charge in [0, 0.05) is 5.69 Å². The molecule has 0 saturated heterocycles. The molecule has 0 unspecified atom stereocenters. The van der Waals surface area contributed by atoms with Gasteiger partial charge in [-0.2, -0.15) is 0 Å². The third-order valence-corrected chi connectivity index (χ3v) is 4.39. The lowest BCUT2D eigenvalue weighted by Crippen LogP contribution is -2.38. The van der Waals surface area contributed by atoms with E-state index in [4.69, 9.17) is 18.9 Å². The summed E-state index contributed by atoms with van der Waals surface area (Å²) in [5, 5.41) is 0. The molecule has 1 aliphatic rings. The number of methoxy groups -OCH3 is 3. The zero-order valence-electron chi connectivity index (χ0n) is 15.9. The fraction of sp³-hybridized carbons (Fsp3) is 0.238. The lowest BCUT2D eigenvalue weighted by molar-refractivity contribution is -0.140. The van der Waals surface area contributed by atoms with Crippen molar-refractivity contribution in [3.63, 3.8) is 0 Å². The SMILES string of the molecule is COC(=O)C1=C(C(=O)OC)N(c2cccc(-c3cccc(OC)c3)c2)COC1. The van der Waals surface area contributed by atoms with E-state index in [2.05, 4.69) is 0 Å². The number of hydrogen-bond acceptors (Lipinski definition) is 7. The maximum atomic E-state index is 12.4. The summed E-state index contributed by atoms with van der Waals surface area (Å²) in [6.45, 7) is 0.0790. The topological polar surface area (TPSA) is 74.3 Å². The van der Waals surface area contributed by atoms with Gasteiger partial charge in [-0.1, -0.05) is 24.3 Å². The van der Waals surface area contributed by atoms with Crippen LogP contribution in [0.5, 0.6) is 5.75 Å². The first-order valence-corrected chi connectivity index (χ1v) is 8.58. The summed E-state index contributed by atoms with van der Waals surface area (Å²) in [5.74, 6) is -0.517. The van der Waals surface area contributed by atoms with E-state index in [1.807, 2.05) is 48.5 Å². The van der Waals surface area contributed by atoms with Crippen LogP contribution in [0.4, 0.5) is 5.69 Å². The normalized spacial score (nSPS) is 13.9. The molecule has 0 amide bonds. The van der Waals surface area contributed by atoms with E-state index in [0.717, 1.165) is 16.9 Å². The molecule has 0 radical (unpaired) electrons. The van der Waals surface area contributed by atoms with Crippen LogP contribution < -0.4 is 9.64 Å². The summed E-state index contributed by atoms with van der Waals surface area (Å²) in [4.78, 5) is 26.1. The molecule has 1 heterocycles. The van der Waals surface area contributed by atoms with Crippen molar-refractivity contribution >= 4 is 17.6 Å². The second-order valence-electron chi connectivity index (χ2n) is 6.00. The Hall–Kier alpha value is -3.32. The van der Waals surface area contributed by atoms with Gasteiger partial charge < -0.3 is 23.8 Å². The molecule has 2 aromatic rings. The highest BCUT2D eigenvalue weighted by molar-refractivity contribution is 6.03. The minimum Gasteiger partial charge on any atom is -0.497 e. The Morgan fingerprint density at radius 3 is 2.29 bits per heavy atom. The molecular formula is C21H21NO6. The van der Waals surface area contributed by atoms with Crippen LogP contribution in [0, 0.1) is 0 Å². The lowest BCUT2D eigenvalue weighted by atomic mass is 10.0. The van der Waals surface area contributed by atoms with Crippen LogP contribution in [0.1, 0.15) is 0 Å². The van der Waals surface area contributed by atoms with E-state index in [-0.39, 0.29) is 24.6 Å². The first kappa shape index (κ1) is 19.4. The molecule has 146 valence electrons. The van der Waals surface area contributed by atoms with E-state index in [1.54, 1.807) is 12.0 Å². The largest absolute Gasteiger partial charge is 0.497 e. The van der Waals surface area contributed by atoms with E-state index in [1.165, 1.54) is 14.2 Å². The second kappa shape index (κ2) is 8.58. The van der Waals surface area contributed by atoms with Gasteiger partial charge in [-0.05, 0) is 35.4 Å². The number of hydrogen-bond donors (Lipinski definition) is 0. The Kier molecular flexibility index (Phi) is 5.96. The Bertz CT molecular complexity index is 921. The molecule has 0 atom stereocenters. The van der Waals surface area contributed by atoms with Crippen molar-refractivity contribution in [3.8, 4) is 16.9 Å². The maximum Gasteiger partial charge on any atom is 0.355 e. The molecular weight excluding hydrogens is 362 g/mol. The summed E-state index contributed by atoms with van der Waals surface area (Å²) in [6, 6.07) is 15.2. The smallest absolute Gasteiger partial charge is 0.355 e. The molecule has 0 aliphatic carbocycles. The quantitative estimate of drug-likeness (QED) is 0.735. The van der Waals surface area contributed by atoms with Gasteiger partial charge in [0.05, 0.1) is 33.5 Å². The van der Waals surface area contributed by atoms with Crippen molar-refractivity contribution in [3.05, 3.63) is 59.8 Å². The number of benzene rings is 2. The summed E-state index contributed by atoms with van der Waals surface area (Å²) >= 11 is 0. The number of esters is 2. The number of rotatable bonds is 5. The molecule has 7 nitrogen and oxygen atoms in total. The fourth-order valence-corrected chi connectivity index (χ4v) is 3.00. The molecule has 0 aromatic heterocycles. The summed E-state index contributed by atoms with van der Waals surface area (Å²) < 4.78 is 20.5. The molecule has 2 aromatic carbocycles. The predicted octanol–water partition coefficient (Wildman–Crippen LogP) is 2.76. The van der Waals surface area contributed by atoms with Gasteiger partial charge in [-0.3, -0.25) is 0 Å². The summed E-state index contributed by atoms with van der Waals surface area (Å²) in [5.41, 5.74) is 2.79. The monoisotopic (exact) mass is 383 g/mol. The van der Waals surface area contributed by atoms with Crippen molar-refractivity contribution in [2.24, 2.45) is 0 Å². The molecule has 0 saturated carbocycles. The van der Waals surface area contributed by atoms with E-state index in [9.17, 15) is 9.59 Å². The number of carbonyl (C=O) groups excluding carboxylic acids is 2. The Morgan fingerprint density at radius 2 is 1.61 bits per heavy atom.